The summed E-state index contributed by atoms with van der Waals surface area (Å²) < 4.78 is 5.56. The summed E-state index contributed by atoms with van der Waals surface area (Å²) in [5.74, 6) is 0.756. The van der Waals surface area contributed by atoms with E-state index in [1.165, 1.54) is 0 Å². The maximum Gasteiger partial charge on any atom is 0.343 e. The van der Waals surface area contributed by atoms with Crippen molar-refractivity contribution in [2.45, 2.75) is 25.7 Å². The number of hydrogen-bond acceptors (Lipinski definition) is 4. The first-order valence-corrected chi connectivity index (χ1v) is 9.20. The van der Waals surface area contributed by atoms with Crippen LogP contribution in [-0.2, 0) is 4.79 Å². The predicted molar refractivity (Wildman–Crippen MR) is 103 cm³/mol. The van der Waals surface area contributed by atoms with Crippen LogP contribution in [0.4, 0.5) is 0 Å². The Morgan fingerprint density at radius 3 is 2.63 bits per heavy atom. The number of benzene rings is 2. The third kappa shape index (κ3) is 3.67. The summed E-state index contributed by atoms with van der Waals surface area (Å²) >= 11 is 0. The Morgan fingerprint density at radius 1 is 1.00 bits per heavy atom. The van der Waals surface area contributed by atoms with E-state index in [0.29, 0.717) is 22.6 Å². The normalized spacial score (nSPS) is 18.1. The first-order valence-electron chi connectivity index (χ1n) is 9.20. The summed E-state index contributed by atoms with van der Waals surface area (Å²) in [6.07, 6.45) is 5.72. The number of carbonyl (C=O) groups is 2. The number of ether oxygens (including phenoxy) is 1. The highest BCUT2D eigenvalue weighted by atomic mass is 16.5. The Balaban J connectivity index is 1.61. The zero-order valence-corrected chi connectivity index (χ0v) is 14.9. The molecule has 2 aromatic rings. The monoisotopic (exact) mass is 360 g/mol. The molecule has 0 spiro atoms. The van der Waals surface area contributed by atoms with Crippen LogP contribution < -0.4 is 4.74 Å². The molecule has 0 aliphatic carbocycles. The number of esters is 1. The molecule has 0 atom stereocenters. The van der Waals surface area contributed by atoms with Crippen LogP contribution in [-0.4, -0.2) is 29.2 Å². The quantitative estimate of drug-likeness (QED) is 0.471. The number of amides is 1. The molecule has 0 radical (unpaired) electrons. The summed E-state index contributed by atoms with van der Waals surface area (Å²) in [6, 6.07) is 16.0. The second kappa shape index (κ2) is 7.58. The molecule has 2 aliphatic heterocycles. The van der Waals surface area contributed by atoms with Gasteiger partial charge in [0.2, 0.25) is 0 Å². The molecule has 0 saturated carbocycles. The van der Waals surface area contributed by atoms with Gasteiger partial charge in [-0.25, -0.2) is 9.79 Å². The van der Waals surface area contributed by atoms with Crippen LogP contribution in [0, 0.1) is 0 Å². The Kier molecular flexibility index (Phi) is 4.83. The Morgan fingerprint density at radius 2 is 1.78 bits per heavy atom. The second-order valence-electron chi connectivity index (χ2n) is 6.62. The van der Waals surface area contributed by atoms with E-state index in [-0.39, 0.29) is 5.91 Å². The molecule has 27 heavy (non-hydrogen) atoms. The third-order valence-corrected chi connectivity index (χ3v) is 4.73. The maximum atomic E-state index is 12.7. The van der Waals surface area contributed by atoms with Crippen LogP contribution in [0.1, 0.15) is 41.6 Å². The van der Waals surface area contributed by atoms with Gasteiger partial charge < -0.3 is 4.74 Å². The van der Waals surface area contributed by atoms with Gasteiger partial charge in [-0.05, 0) is 37.1 Å². The maximum absolute atomic E-state index is 12.7. The molecule has 4 rings (SSSR count). The summed E-state index contributed by atoms with van der Waals surface area (Å²) in [6.45, 7) is 0.722. The standard InChI is InChI=1S/C22H20N2O3/c25-21-18(23-20-13-5-2-8-14-24(20)21)15-17-11-6-7-12-19(17)27-22(26)16-9-3-1-4-10-16/h1,3-4,6-7,9-12,15H,2,5,8,13-14H2. The van der Waals surface area contributed by atoms with Crippen molar-refractivity contribution >= 4 is 23.8 Å². The molecular weight excluding hydrogens is 340 g/mol. The van der Waals surface area contributed by atoms with Gasteiger partial charge in [0.25, 0.3) is 5.91 Å². The first-order chi connectivity index (χ1) is 13.2. The van der Waals surface area contributed by atoms with E-state index < -0.39 is 5.97 Å². The zero-order valence-electron chi connectivity index (χ0n) is 14.9. The molecule has 136 valence electrons. The smallest absolute Gasteiger partial charge is 0.343 e. The van der Waals surface area contributed by atoms with E-state index in [4.69, 9.17) is 4.74 Å². The number of rotatable bonds is 3. The average molecular weight is 360 g/mol. The van der Waals surface area contributed by atoms with Gasteiger partial charge in [-0.15, -0.1) is 0 Å². The van der Waals surface area contributed by atoms with E-state index in [0.717, 1.165) is 38.1 Å². The fraction of sp³-hybridized carbons (Fsp3) is 0.227. The van der Waals surface area contributed by atoms with Crippen molar-refractivity contribution in [3.8, 4) is 5.75 Å². The third-order valence-electron chi connectivity index (χ3n) is 4.73. The molecule has 5 nitrogen and oxygen atoms in total. The van der Waals surface area contributed by atoms with Gasteiger partial charge in [0.15, 0.2) is 0 Å². The fourth-order valence-electron chi connectivity index (χ4n) is 3.32. The SMILES string of the molecule is O=C(Oc1ccccc1C=C1N=C2CCCCCN2C1=O)c1ccccc1. The van der Waals surface area contributed by atoms with Crippen molar-refractivity contribution in [2.24, 2.45) is 4.99 Å². The fourth-order valence-corrected chi connectivity index (χ4v) is 3.32. The first kappa shape index (κ1) is 17.2. The Bertz CT molecular complexity index is 932. The minimum Gasteiger partial charge on any atom is -0.422 e. The van der Waals surface area contributed by atoms with Gasteiger partial charge in [0.05, 0.1) is 5.56 Å². The van der Waals surface area contributed by atoms with Crippen LogP contribution in [0.2, 0.25) is 0 Å². The molecule has 2 aliphatic rings. The Labute approximate surface area is 158 Å². The van der Waals surface area contributed by atoms with Crippen molar-refractivity contribution in [3.05, 3.63) is 71.4 Å². The molecular formula is C22H20N2O3. The van der Waals surface area contributed by atoms with Crippen molar-refractivity contribution < 1.29 is 14.3 Å². The lowest BCUT2D eigenvalue weighted by Crippen LogP contribution is -2.31. The number of hydrogen-bond donors (Lipinski definition) is 0. The van der Waals surface area contributed by atoms with E-state index in [2.05, 4.69) is 4.99 Å². The van der Waals surface area contributed by atoms with Gasteiger partial charge in [0.1, 0.15) is 17.3 Å². The van der Waals surface area contributed by atoms with Crippen LogP contribution in [0.5, 0.6) is 5.75 Å². The number of carbonyl (C=O) groups excluding carboxylic acids is 2. The van der Waals surface area contributed by atoms with Crippen molar-refractivity contribution in [3.63, 3.8) is 0 Å². The van der Waals surface area contributed by atoms with E-state index in [9.17, 15) is 9.59 Å². The lowest BCUT2D eigenvalue weighted by atomic mass is 10.1. The largest absolute Gasteiger partial charge is 0.422 e. The molecule has 1 saturated heterocycles. The van der Waals surface area contributed by atoms with Crippen LogP contribution in [0.15, 0.2) is 65.3 Å². The van der Waals surface area contributed by atoms with Crippen molar-refractivity contribution in [1.29, 1.82) is 0 Å². The highest BCUT2D eigenvalue weighted by molar-refractivity contribution is 6.14. The predicted octanol–water partition coefficient (Wildman–Crippen LogP) is 4.06. The van der Waals surface area contributed by atoms with Gasteiger partial charge in [-0.3, -0.25) is 9.69 Å². The summed E-state index contributed by atoms with van der Waals surface area (Å²) in [5.41, 5.74) is 1.53. The lowest BCUT2D eigenvalue weighted by Gasteiger charge is -2.14. The molecule has 1 fully saturated rings. The number of amidine groups is 1. The van der Waals surface area contributed by atoms with Gasteiger partial charge >= 0.3 is 5.97 Å². The number of para-hydroxylation sites is 1. The van der Waals surface area contributed by atoms with Gasteiger partial charge in [0, 0.05) is 18.5 Å². The summed E-state index contributed by atoms with van der Waals surface area (Å²) in [4.78, 5) is 31.4. The van der Waals surface area contributed by atoms with E-state index in [1.807, 2.05) is 18.2 Å². The minimum absolute atomic E-state index is 0.0731. The van der Waals surface area contributed by atoms with Gasteiger partial charge in [-0.1, -0.05) is 42.8 Å². The summed E-state index contributed by atoms with van der Waals surface area (Å²) in [5, 5.41) is 0. The molecule has 5 heteroatoms. The highest BCUT2D eigenvalue weighted by Crippen LogP contribution is 2.27. The molecule has 0 aromatic heterocycles. The van der Waals surface area contributed by atoms with Crippen molar-refractivity contribution in [2.75, 3.05) is 6.54 Å². The van der Waals surface area contributed by atoms with Gasteiger partial charge in [-0.2, -0.15) is 0 Å². The molecule has 0 unspecified atom stereocenters. The number of aliphatic imine (C=N–C) groups is 1. The lowest BCUT2D eigenvalue weighted by molar-refractivity contribution is -0.122. The van der Waals surface area contributed by atoms with Crippen molar-refractivity contribution in [1.82, 2.24) is 4.90 Å². The Hall–Kier alpha value is -3.21. The minimum atomic E-state index is -0.431. The second-order valence-corrected chi connectivity index (χ2v) is 6.62. The van der Waals surface area contributed by atoms with E-state index in [1.54, 1.807) is 47.4 Å². The molecule has 2 aromatic carbocycles. The van der Waals surface area contributed by atoms with Crippen LogP contribution in [0.3, 0.4) is 0 Å². The highest BCUT2D eigenvalue weighted by Gasteiger charge is 2.30. The summed E-state index contributed by atoms with van der Waals surface area (Å²) in [7, 11) is 0. The number of fused-ring (bicyclic) bond motifs is 1. The molecule has 0 bridgehead atoms. The van der Waals surface area contributed by atoms with E-state index >= 15 is 0 Å². The number of nitrogens with zero attached hydrogens (tertiary/aromatic N) is 2. The molecule has 0 N–H and O–H groups in total. The molecule has 1 amide bonds. The average Bonchev–Trinajstić information content (AvgIpc) is 2.86. The topological polar surface area (TPSA) is 59.0 Å². The molecule has 2 heterocycles. The van der Waals surface area contributed by atoms with Crippen LogP contribution in [0.25, 0.3) is 6.08 Å². The van der Waals surface area contributed by atoms with Crippen LogP contribution >= 0.6 is 0 Å². The zero-order chi connectivity index (χ0) is 18.6.